The van der Waals surface area contributed by atoms with Crippen LogP contribution in [-0.4, -0.2) is 41.3 Å². The second kappa shape index (κ2) is 6.08. The zero-order chi connectivity index (χ0) is 13.7. The van der Waals surface area contributed by atoms with E-state index in [0.717, 1.165) is 11.0 Å². The van der Waals surface area contributed by atoms with Crippen LogP contribution in [0.2, 0.25) is 0 Å². The Kier molecular flexibility index (Phi) is 4.22. The summed E-state index contributed by atoms with van der Waals surface area (Å²) in [5, 5.41) is 8.14. The normalized spacial score (nSPS) is 10.4. The maximum atomic E-state index is 11.3. The molecule has 0 bridgehead atoms. The third-order valence-electron chi connectivity index (χ3n) is 2.65. The standard InChI is InChI=1S/C13H16N4O2/c1-3-19-12(18)8-9-17(2)13-14-10-6-4-5-7-11(10)15-16-13/h4-7H,3,8-9H2,1-2H3. The molecule has 1 aromatic carbocycles. The minimum absolute atomic E-state index is 0.219. The Labute approximate surface area is 111 Å². The first-order valence-electron chi connectivity index (χ1n) is 6.17. The summed E-state index contributed by atoms with van der Waals surface area (Å²) in [7, 11) is 1.82. The van der Waals surface area contributed by atoms with Crippen LogP contribution in [0, 0.1) is 0 Å². The lowest BCUT2D eigenvalue weighted by molar-refractivity contribution is -0.142. The lowest BCUT2D eigenvalue weighted by Gasteiger charge is -2.15. The molecule has 0 saturated carbocycles. The number of anilines is 1. The van der Waals surface area contributed by atoms with Gasteiger partial charge in [-0.2, -0.15) is 0 Å². The van der Waals surface area contributed by atoms with E-state index in [1.54, 1.807) is 11.8 Å². The van der Waals surface area contributed by atoms with Gasteiger partial charge < -0.3 is 9.64 Å². The fourth-order valence-corrected chi connectivity index (χ4v) is 1.63. The number of carbonyl (C=O) groups is 1. The lowest BCUT2D eigenvalue weighted by Crippen LogP contribution is -2.24. The summed E-state index contributed by atoms with van der Waals surface area (Å²) in [5.41, 5.74) is 1.54. The van der Waals surface area contributed by atoms with Crippen molar-refractivity contribution in [2.45, 2.75) is 13.3 Å². The molecule has 6 heteroatoms. The van der Waals surface area contributed by atoms with Crippen LogP contribution in [0.5, 0.6) is 0 Å². The predicted octanol–water partition coefficient (Wildman–Crippen LogP) is 1.41. The molecule has 0 spiro atoms. The topological polar surface area (TPSA) is 68.2 Å². The van der Waals surface area contributed by atoms with E-state index < -0.39 is 0 Å². The van der Waals surface area contributed by atoms with Crippen molar-refractivity contribution in [1.82, 2.24) is 15.2 Å². The predicted molar refractivity (Wildman–Crippen MR) is 71.9 cm³/mol. The molecule has 2 aromatic rings. The average Bonchev–Trinajstić information content (AvgIpc) is 2.44. The molecule has 0 N–H and O–H groups in total. The SMILES string of the molecule is CCOC(=O)CCN(C)c1nnc2ccccc2n1. The summed E-state index contributed by atoms with van der Waals surface area (Å²) in [6.45, 7) is 2.69. The van der Waals surface area contributed by atoms with Gasteiger partial charge in [0.2, 0.25) is 5.95 Å². The van der Waals surface area contributed by atoms with Crippen LogP contribution in [0.4, 0.5) is 5.95 Å². The molecule has 2 rings (SSSR count). The molecule has 0 fully saturated rings. The Bertz CT molecular complexity index is 573. The molecule has 0 radical (unpaired) electrons. The molecular formula is C13H16N4O2. The van der Waals surface area contributed by atoms with Crippen molar-refractivity contribution in [1.29, 1.82) is 0 Å². The monoisotopic (exact) mass is 260 g/mol. The summed E-state index contributed by atoms with van der Waals surface area (Å²) in [5.74, 6) is 0.283. The summed E-state index contributed by atoms with van der Waals surface area (Å²) >= 11 is 0. The maximum Gasteiger partial charge on any atom is 0.307 e. The van der Waals surface area contributed by atoms with Crippen molar-refractivity contribution in [2.24, 2.45) is 0 Å². The van der Waals surface area contributed by atoms with Gasteiger partial charge in [-0.1, -0.05) is 12.1 Å². The van der Waals surface area contributed by atoms with Gasteiger partial charge in [0.25, 0.3) is 0 Å². The summed E-state index contributed by atoms with van der Waals surface area (Å²) < 4.78 is 4.88. The number of hydrogen-bond donors (Lipinski definition) is 0. The Morgan fingerprint density at radius 1 is 1.26 bits per heavy atom. The van der Waals surface area contributed by atoms with E-state index in [9.17, 15) is 4.79 Å². The second-order valence-electron chi connectivity index (χ2n) is 4.08. The minimum atomic E-state index is -0.219. The highest BCUT2D eigenvalue weighted by Crippen LogP contribution is 2.11. The van der Waals surface area contributed by atoms with Gasteiger partial charge >= 0.3 is 5.97 Å². The van der Waals surface area contributed by atoms with Crippen LogP contribution in [-0.2, 0) is 9.53 Å². The maximum absolute atomic E-state index is 11.3. The fraction of sp³-hybridized carbons (Fsp3) is 0.385. The Balaban J connectivity index is 2.04. The van der Waals surface area contributed by atoms with Crippen LogP contribution < -0.4 is 4.90 Å². The zero-order valence-electron chi connectivity index (χ0n) is 11.0. The Morgan fingerprint density at radius 3 is 2.74 bits per heavy atom. The van der Waals surface area contributed by atoms with Crippen molar-refractivity contribution >= 4 is 23.0 Å². The molecule has 1 aromatic heterocycles. The van der Waals surface area contributed by atoms with Gasteiger partial charge in [-0.3, -0.25) is 4.79 Å². The van der Waals surface area contributed by atoms with Crippen molar-refractivity contribution < 1.29 is 9.53 Å². The molecule has 19 heavy (non-hydrogen) atoms. The minimum Gasteiger partial charge on any atom is -0.466 e. The second-order valence-corrected chi connectivity index (χ2v) is 4.08. The summed E-state index contributed by atoms with van der Waals surface area (Å²) in [6, 6.07) is 7.53. The van der Waals surface area contributed by atoms with Crippen molar-refractivity contribution in [2.75, 3.05) is 25.1 Å². The highest BCUT2D eigenvalue weighted by molar-refractivity contribution is 5.74. The van der Waals surface area contributed by atoms with Crippen molar-refractivity contribution in [3.63, 3.8) is 0 Å². The van der Waals surface area contributed by atoms with E-state index in [4.69, 9.17) is 4.74 Å². The third-order valence-corrected chi connectivity index (χ3v) is 2.65. The van der Waals surface area contributed by atoms with Gasteiger partial charge in [0.05, 0.1) is 18.5 Å². The van der Waals surface area contributed by atoms with Gasteiger partial charge in [-0.05, 0) is 19.1 Å². The van der Waals surface area contributed by atoms with Gasteiger partial charge in [0.15, 0.2) is 0 Å². The number of rotatable bonds is 5. The molecule has 0 aliphatic rings. The molecule has 0 aliphatic heterocycles. The quantitative estimate of drug-likeness (QED) is 0.757. The first-order chi connectivity index (χ1) is 9.20. The summed E-state index contributed by atoms with van der Waals surface area (Å²) in [6.07, 6.45) is 0.306. The molecule has 0 saturated heterocycles. The van der Waals surface area contributed by atoms with Crippen LogP contribution >= 0.6 is 0 Å². The van der Waals surface area contributed by atoms with Crippen molar-refractivity contribution in [3.8, 4) is 0 Å². The van der Waals surface area contributed by atoms with Crippen LogP contribution in [0.3, 0.4) is 0 Å². The fourth-order valence-electron chi connectivity index (χ4n) is 1.63. The Hall–Kier alpha value is -2.24. The van der Waals surface area contributed by atoms with Crippen molar-refractivity contribution in [3.05, 3.63) is 24.3 Å². The van der Waals surface area contributed by atoms with E-state index in [0.29, 0.717) is 25.5 Å². The molecule has 1 heterocycles. The zero-order valence-corrected chi connectivity index (χ0v) is 11.0. The third kappa shape index (κ3) is 3.37. The highest BCUT2D eigenvalue weighted by Gasteiger charge is 2.09. The number of aromatic nitrogens is 3. The number of fused-ring (bicyclic) bond motifs is 1. The van der Waals surface area contributed by atoms with E-state index in [2.05, 4.69) is 15.2 Å². The van der Waals surface area contributed by atoms with E-state index >= 15 is 0 Å². The van der Waals surface area contributed by atoms with Gasteiger partial charge in [0, 0.05) is 13.6 Å². The molecule has 0 aliphatic carbocycles. The van der Waals surface area contributed by atoms with Crippen LogP contribution in [0.25, 0.3) is 11.0 Å². The number of para-hydroxylation sites is 1. The largest absolute Gasteiger partial charge is 0.466 e. The van der Waals surface area contributed by atoms with E-state index in [1.165, 1.54) is 0 Å². The molecule has 0 unspecified atom stereocenters. The number of nitrogens with zero attached hydrogens (tertiary/aromatic N) is 4. The molecule has 0 amide bonds. The molecule has 6 nitrogen and oxygen atoms in total. The van der Waals surface area contributed by atoms with Crippen LogP contribution in [0.15, 0.2) is 24.3 Å². The first kappa shape index (κ1) is 13.2. The number of ether oxygens (including phenoxy) is 1. The molecule has 100 valence electrons. The molecular weight excluding hydrogens is 244 g/mol. The smallest absolute Gasteiger partial charge is 0.307 e. The summed E-state index contributed by atoms with van der Waals surface area (Å²) in [4.78, 5) is 17.5. The number of hydrogen-bond acceptors (Lipinski definition) is 6. The van der Waals surface area contributed by atoms with E-state index in [-0.39, 0.29) is 5.97 Å². The number of carbonyl (C=O) groups excluding carboxylic acids is 1. The average molecular weight is 260 g/mol. The van der Waals surface area contributed by atoms with Gasteiger partial charge in [-0.25, -0.2) is 4.98 Å². The Morgan fingerprint density at radius 2 is 2.00 bits per heavy atom. The first-order valence-corrected chi connectivity index (χ1v) is 6.17. The number of benzene rings is 1. The van der Waals surface area contributed by atoms with Crippen LogP contribution in [0.1, 0.15) is 13.3 Å². The molecule has 0 atom stereocenters. The van der Waals surface area contributed by atoms with E-state index in [1.807, 2.05) is 31.3 Å². The van der Waals surface area contributed by atoms with Gasteiger partial charge in [-0.15, -0.1) is 10.2 Å². The number of esters is 1. The lowest BCUT2D eigenvalue weighted by atomic mass is 10.3. The highest BCUT2D eigenvalue weighted by atomic mass is 16.5. The van der Waals surface area contributed by atoms with Gasteiger partial charge in [0.1, 0.15) is 5.52 Å².